The maximum atomic E-state index is 13.2. The van der Waals surface area contributed by atoms with Crippen LogP contribution in [0.3, 0.4) is 0 Å². The second-order valence-electron chi connectivity index (χ2n) is 31.6. The lowest BCUT2D eigenvalue weighted by atomic mass is 9.72. The van der Waals surface area contributed by atoms with Crippen LogP contribution in [0, 0.1) is 17.8 Å². The van der Waals surface area contributed by atoms with E-state index < -0.39 is 24.1 Å². The average molecular weight is 1510 g/mol. The highest BCUT2D eigenvalue weighted by molar-refractivity contribution is 5.88. The topological polar surface area (TPSA) is 229 Å². The fraction of sp³-hybridized carbons (Fsp3) is 0.494. The van der Waals surface area contributed by atoms with E-state index in [0.29, 0.717) is 88.6 Å². The highest BCUT2D eigenvalue weighted by Crippen LogP contribution is 2.53. The Hall–Kier alpha value is -9.25. The van der Waals surface area contributed by atoms with Crippen LogP contribution in [0.1, 0.15) is 158 Å². The molecule has 11 atom stereocenters. The summed E-state index contributed by atoms with van der Waals surface area (Å²) in [6.07, 6.45) is 13.3. The van der Waals surface area contributed by atoms with Crippen molar-refractivity contribution in [3.63, 3.8) is 0 Å². The molecule has 8 aliphatic heterocycles. The van der Waals surface area contributed by atoms with Crippen molar-refractivity contribution in [3.05, 3.63) is 176 Å². The fourth-order valence-corrected chi connectivity index (χ4v) is 18.9. The van der Waals surface area contributed by atoms with Gasteiger partial charge < -0.3 is 72.7 Å². The second kappa shape index (κ2) is 34.6. The number of methoxy groups -OCH3 is 6. The number of nitrogens with zero attached hydrogens (tertiary/aromatic N) is 4. The number of hydrogen-bond acceptors (Lipinski definition) is 18. The summed E-state index contributed by atoms with van der Waals surface area (Å²) < 4.78 is 52.9. The minimum absolute atomic E-state index is 0.00157. The van der Waals surface area contributed by atoms with Crippen molar-refractivity contribution in [2.45, 2.75) is 165 Å². The summed E-state index contributed by atoms with van der Waals surface area (Å²) in [6.45, 7) is 11.2. The number of phenols is 2. The molecule has 2 saturated heterocycles. The molecule has 1 amide bonds. The smallest absolute Gasteiger partial charge is 0.326 e. The fourth-order valence-electron chi connectivity index (χ4n) is 18.9. The van der Waals surface area contributed by atoms with Crippen molar-refractivity contribution in [1.82, 2.24) is 25.3 Å². The van der Waals surface area contributed by atoms with Gasteiger partial charge in [-0.15, -0.1) is 0 Å². The molecule has 8 heterocycles. The Morgan fingerprint density at radius 2 is 1.31 bits per heavy atom. The number of carbonyl (C=O) groups excluding carboxylic acids is 2. The molecule has 21 heteroatoms. The summed E-state index contributed by atoms with van der Waals surface area (Å²) >= 11 is 0. The molecule has 21 nitrogen and oxygen atoms in total. The molecule has 6 bridgehead atoms. The van der Waals surface area contributed by atoms with Crippen molar-refractivity contribution in [1.29, 1.82) is 0 Å². The molecule has 0 spiro atoms. The van der Waals surface area contributed by atoms with E-state index in [0.717, 1.165) is 129 Å². The van der Waals surface area contributed by atoms with Gasteiger partial charge in [0, 0.05) is 56.6 Å². The monoisotopic (exact) mass is 1510 g/mol. The zero-order chi connectivity index (χ0) is 77.7. The van der Waals surface area contributed by atoms with E-state index >= 15 is 0 Å². The molecule has 0 unspecified atom stereocenters. The Kier molecular flexibility index (Phi) is 24.8. The number of esters is 1. The molecule has 3 fully saturated rings. The van der Waals surface area contributed by atoms with Gasteiger partial charge in [0.25, 0.3) is 0 Å². The van der Waals surface area contributed by atoms with Gasteiger partial charge in [-0.3, -0.25) is 24.7 Å². The molecule has 7 aromatic carbocycles. The standard InChI is InChI=1S/C37H40N2O6.C29H40N2O4.C23H32N2O5/c1-38-14-12-24-19-32(42-4)33-21-27(24)28(38)16-22-6-9-26(10-7-22)44-37-35-25(20-34(43-5)36(37)41)13-15-39(2,3)29(35)17-23-8-11-30(40)31(18-23)45-33;1-6-18-17-31-10-8-20-14-27(33-3)29(35-5)16-23(20)25(31)12-21(18)11-24-22-15-28(34-4)26(32-2)13-19(22)7-9-30-24;1-3-30-23(29)18(13-12-16-8-5-4-6-9-16)24-15(2)21(26)25-19-11-7-10-17(19)14-20(25)22(27)28/h6-11,18-21,28-29H,12-17H2,1-5H3,(H-,40,41);13-16,18,21,24-25,30H,6-12,17H2,1-5H3;4-6,8-9,15,17-20,24H,3,7,10-14H2,1-2H3,(H,27,28)/p+1/t28-,29+;18-,21-,24+,25-;15-,17-,18-,19-,20-/m000/s1. The third-order valence-corrected chi connectivity index (χ3v) is 25.0. The number of likely N-dealkylation sites (N-methyl/N-ethyl adjacent to an activating group) is 2. The van der Waals surface area contributed by atoms with Crippen LogP contribution < -0.4 is 48.5 Å². The molecule has 1 aliphatic carbocycles. The number of rotatable bonds is 18. The zero-order valence-corrected chi connectivity index (χ0v) is 66.2. The summed E-state index contributed by atoms with van der Waals surface area (Å²) in [7, 11) is 16.7. The van der Waals surface area contributed by atoms with Gasteiger partial charge in [-0.05, 0) is 238 Å². The first-order chi connectivity index (χ1) is 53.2. The number of carboxylic acid groups (broad SMARTS) is 1. The number of phenolic OH excluding ortho intramolecular Hbond substituents is 2. The molecular weight excluding hydrogens is 1390 g/mol. The van der Waals surface area contributed by atoms with Gasteiger partial charge in [-0.2, -0.15) is 0 Å². The number of carboxylic acids is 1. The van der Waals surface area contributed by atoms with E-state index in [4.69, 9.17) is 42.6 Å². The minimum atomic E-state index is -0.948. The second-order valence-corrected chi connectivity index (χ2v) is 31.6. The first kappa shape index (κ1) is 78.9. The van der Waals surface area contributed by atoms with Crippen LogP contribution in [0.4, 0.5) is 0 Å². The summed E-state index contributed by atoms with van der Waals surface area (Å²) in [6, 6.07) is 37.3. The number of carbonyl (C=O) groups is 3. The van der Waals surface area contributed by atoms with Crippen LogP contribution >= 0.6 is 0 Å². The molecule has 0 aromatic heterocycles. The predicted molar refractivity (Wildman–Crippen MR) is 422 cm³/mol. The number of aromatic hydroxyl groups is 2. The highest BCUT2D eigenvalue weighted by Gasteiger charge is 2.50. The summed E-state index contributed by atoms with van der Waals surface area (Å²) in [5.74, 6) is 6.52. The minimum Gasteiger partial charge on any atom is -0.504 e. The largest absolute Gasteiger partial charge is 0.504 e. The summed E-state index contributed by atoms with van der Waals surface area (Å²) in [4.78, 5) is 44.2. The number of nitrogens with one attached hydrogen (secondary N) is 2. The lowest BCUT2D eigenvalue weighted by Crippen LogP contribution is -2.55. The maximum Gasteiger partial charge on any atom is 0.326 e. The molecule has 9 aliphatic rings. The average Bonchev–Trinajstić information content (AvgIpc) is 1.05. The number of hydrogen-bond donors (Lipinski definition) is 5. The van der Waals surface area contributed by atoms with E-state index in [1.807, 2.05) is 60.7 Å². The van der Waals surface area contributed by atoms with Crippen molar-refractivity contribution >= 4 is 17.8 Å². The SMILES string of the molecule is CCOC(=O)[C@H](CCc1ccccc1)N[C@@H](C)C(=O)N1[C@H](C(=O)O)C[C@@H]2CCC[C@@H]21.CC[C@H]1CN2CCc3cc(OC)c(OC)cc3[C@@H]2C[C@@H]1C[C@H]1NCCc2cc(OC)c(OC)cc21.COc1cc2c3cc1Oc1cc(ccc1O)C[C@@H]1c4c(cc(OC)c(O)c4Oc4ccc(cc4)C[C@@H]3N(C)CC2)CC[N+]1(C)C. The van der Waals surface area contributed by atoms with E-state index in [2.05, 4.69) is 97.0 Å². The number of fused-ring (bicyclic) bond motifs is 7. The Morgan fingerprint density at radius 1 is 0.664 bits per heavy atom. The Bertz CT molecular complexity index is 4420. The molecule has 16 rings (SSSR count). The van der Waals surface area contributed by atoms with Gasteiger partial charge in [0.1, 0.15) is 23.9 Å². The highest BCUT2D eigenvalue weighted by atomic mass is 16.5. The number of aliphatic carboxylic acids is 1. The Balaban J connectivity index is 0.000000149. The quantitative estimate of drug-likeness (QED) is 0.0397. The van der Waals surface area contributed by atoms with Crippen LogP contribution in [0.2, 0.25) is 0 Å². The molecule has 110 heavy (non-hydrogen) atoms. The molecule has 588 valence electrons. The number of aryl methyl sites for hydroxylation is 1. The number of benzene rings is 7. The van der Waals surface area contributed by atoms with Crippen LogP contribution in [0.5, 0.6) is 69.0 Å². The summed E-state index contributed by atoms with van der Waals surface area (Å²) in [5, 5.41) is 39.0. The Labute approximate surface area is 648 Å². The van der Waals surface area contributed by atoms with Gasteiger partial charge in [-0.1, -0.05) is 68.3 Å². The van der Waals surface area contributed by atoms with Gasteiger partial charge in [0.15, 0.2) is 57.5 Å². The molecule has 1 saturated carbocycles. The third kappa shape index (κ3) is 16.7. The summed E-state index contributed by atoms with van der Waals surface area (Å²) in [5.41, 5.74) is 13.4. The van der Waals surface area contributed by atoms with E-state index in [9.17, 15) is 29.7 Å². The van der Waals surface area contributed by atoms with Gasteiger partial charge in [0.05, 0.1) is 81.5 Å². The van der Waals surface area contributed by atoms with Gasteiger partial charge in [0.2, 0.25) is 11.7 Å². The van der Waals surface area contributed by atoms with Gasteiger partial charge >= 0.3 is 11.9 Å². The van der Waals surface area contributed by atoms with E-state index in [1.165, 1.54) is 58.3 Å². The van der Waals surface area contributed by atoms with E-state index in [-0.39, 0.29) is 54.0 Å². The molecular formula is C89H113N6O15+. The number of quaternary nitrogens is 1. The number of amides is 1. The van der Waals surface area contributed by atoms with Gasteiger partial charge in [-0.25, -0.2) is 4.79 Å². The van der Waals surface area contributed by atoms with Crippen LogP contribution in [-0.4, -0.2) is 180 Å². The first-order valence-electron chi connectivity index (χ1n) is 39.6. The normalized spacial score (nSPS) is 23.2. The maximum absolute atomic E-state index is 13.2. The first-order valence-corrected chi connectivity index (χ1v) is 39.6. The Morgan fingerprint density at radius 3 is 1.99 bits per heavy atom. The lowest BCUT2D eigenvalue weighted by Gasteiger charge is -2.48. The van der Waals surface area contributed by atoms with Crippen LogP contribution in [0.25, 0.3) is 0 Å². The molecule has 0 radical (unpaired) electrons. The van der Waals surface area contributed by atoms with Crippen LogP contribution in [-0.2, 0) is 64.1 Å². The van der Waals surface area contributed by atoms with Crippen LogP contribution in [0.15, 0.2) is 115 Å². The number of likely N-dealkylation sites (tertiary alicyclic amines) is 1. The zero-order valence-electron chi connectivity index (χ0n) is 66.2. The number of ether oxygens (including phenoxy) is 9. The predicted octanol–water partition coefficient (Wildman–Crippen LogP) is 14.0. The van der Waals surface area contributed by atoms with Crippen molar-refractivity contribution in [3.8, 4) is 69.0 Å². The van der Waals surface area contributed by atoms with Crippen molar-refractivity contribution in [2.24, 2.45) is 17.8 Å². The lowest BCUT2D eigenvalue weighted by molar-refractivity contribution is -0.923. The molecule has 5 N–H and O–H groups in total. The third-order valence-electron chi connectivity index (χ3n) is 25.0. The molecule has 7 aromatic rings. The van der Waals surface area contributed by atoms with Crippen molar-refractivity contribution in [2.75, 3.05) is 103 Å². The van der Waals surface area contributed by atoms with Crippen molar-refractivity contribution < 1.29 is 76.8 Å². The number of piperidine rings is 1. The van der Waals surface area contributed by atoms with E-state index in [1.54, 1.807) is 67.5 Å².